The van der Waals surface area contributed by atoms with Gasteiger partial charge in [0.05, 0.1) is 52.6 Å². The van der Waals surface area contributed by atoms with E-state index in [-0.39, 0.29) is 31.3 Å². The molecule has 2 rings (SSSR count). The number of phosphoric ester groups is 1. The Morgan fingerprint density at radius 3 is 2.37 bits per heavy atom. The molecule has 0 spiro atoms. The average Bonchev–Trinajstić information content (AvgIpc) is 2.98. The van der Waals surface area contributed by atoms with Gasteiger partial charge in [0.15, 0.2) is 11.2 Å². The molecule has 0 fully saturated rings. The van der Waals surface area contributed by atoms with Gasteiger partial charge in [0.2, 0.25) is 5.95 Å². The maximum Gasteiger partial charge on any atom is 0.280 e. The molecule has 2 heterocycles. The maximum absolute atomic E-state index is 11.7. The van der Waals surface area contributed by atoms with Gasteiger partial charge in [-0.15, -0.1) is 0 Å². The second-order valence-electron chi connectivity index (χ2n) is 5.20. The summed E-state index contributed by atoms with van der Waals surface area (Å²) in [4.78, 5) is 40.7. The van der Waals surface area contributed by atoms with E-state index in [0.29, 0.717) is 38.6 Å². The molecule has 0 amide bonds. The van der Waals surface area contributed by atoms with E-state index < -0.39 is 13.4 Å². The monoisotopic (exact) mass is 406 g/mol. The number of nitrogens with zero attached hydrogens (tertiary/aromatic N) is 3. The van der Waals surface area contributed by atoms with Gasteiger partial charge in [-0.25, -0.2) is 4.98 Å². The van der Waals surface area contributed by atoms with E-state index in [4.69, 9.17) is 24.8 Å². The molecule has 0 aliphatic heterocycles. The molecule has 152 valence electrons. The van der Waals surface area contributed by atoms with Crippen LogP contribution < -0.4 is 16.2 Å². The standard InChI is InChI=1S/C13H22N5O8P/c14-13-16-11-10(12(19)17-13)15-9-18(11)1-2-23-3-4-24-5-6-25-7-8-26-27(20,21)22/h9H,1-8H2,(H2,20,21,22)(H3,14,16,17,19)/p-1. The first-order chi connectivity index (χ1) is 12.9. The zero-order chi connectivity index (χ0) is 19.7. The minimum absolute atomic E-state index is 0.0207. The molecule has 14 heteroatoms. The van der Waals surface area contributed by atoms with E-state index in [2.05, 4.69) is 19.5 Å². The van der Waals surface area contributed by atoms with Gasteiger partial charge in [-0.3, -0.25) is 14.3 Å². The number of fused-ring (bicyclic) bond motifs is 1. The van der Waals surface area contributed by atoms with Crippen LogP contribution in [0.1, 0.15) is 0 Å². The number of anilines is 1. The summed E-state index contributed by atoms with van der Waals surface area (Å²) >= 11 is 0. The van der Waals surface area contributed by atoms with Crippen LogP contribution in [0.15, 0.2) is 11.1 Å². The summed E-state index contributed by atoms with van der Waals surface area (Å²) in [6.07, 6.45) is 1.50. The van der Waals surface area contributed by atoms with Gasteiger partial charge in [0, 0.05) is 6.54 Å². The lowest BCUT2D eigenvalue weighted by Crippen LogP contribution is -2.14. The van der Waals surface area contributed by atoms with Gasteiger partial charge in [0.1, 0.15) is 0 Å². The first kappa shape index (κ1) is 21.4. The number of H-pyrrole nitrogens is 1. The van der Waals surface area contributed by atoms with Gasteiger partial charge in [-0.2, -0.15) is 4.98 Å². The van der Waals surface area contributed by atoms with E-state index in [1.165, 1.54) is 6.33 Å². The summed E-state index contributed by atoms with van der Waals surface area (Å²) in [5.41, 5.74) is 5.74. The minimum atomic E-state index is -4.69. The molecule has 0 bridgehead atoms. The number of imidazole rings is 1. The Hall–Kier alpha value is -1.86. The van der Waals surface area contributed by atoms with Gasteiger partial charge in [-0.1, -0.05) is 0 Å². The highest BCUT2D eigenvalue weighted by atomic mass is 31.2. The SMILES string of the molecule is Nc1nc2c(ncn2CCOCCOCCOCCOP(=O)([O-])O)c(=O)[nH]1. The Balaban J connectivity index is 1.51. The van der Waals surface area contributed by atoms with Crippen molar-refractivity contribution in [1.29, 1.82) is 0 Å². The summed E-state index contributed by atoms with van der Waals surface area (Å²) in [5, 5.41) is 0. The highest BCUT2D eigenvalue weighted by Gasteiger charge is 2.08. The number of ether oxygens (including phenoxy) is 3. The van der Waals surface area contributed by atoms with Gasteiger partial charge < -0.3 is 38.8 Å². The Labute approximate surface area is 153 Å². The number of aromatic amines is 1. The third-order valence-electron chi connectivity index (χ3n) is 3.20. The zero-order valence-corrected chi connectivity index (χ0v) is 15.3. The maximum atomic E-state index is 11.7. The number of nitrogen functional groups attached to an aromatic ring is 1. The molecule has 0 aromatic carbocycles. The van der Waals surface area contributed by atoms with E-state index in [0.717, 1.165) is 0 Å². The molecule has 2 aromatic rings. The zero-order valence-electron chi connectivity index (χ0n) is 14.4. The lowest BCUT2D eigenvalue weighted by molar-refractivity contribution is -0.220. The first-order valence-electron chi connectivity index (χ1n) is 7.99. The highest BCUT2D eigenvalue weighted by molar-refractivity contribution is 7.44. The van der Waals surface area contributed by atoms with Crippen molar-refractivity contribution in [1.82, 2.24) is 19.5 Å². The molecule has 2 aromatic heterocycles. The number of nitrogens with two attached hydrogens (primary N) is 1. The largest absolute Gasteiger partial charge is 0.756 e. The normalized spacial score (nSPS) is 13.9. The Morgan fingerprint density at radius 2 is 1.74 bits per heavy atom. The molecule has 0 aliphatic carbocycles. The number of hydrogen-bond donors (Lipinski definition) is 3. The second kappa shape index (κ2) is 10.5. The average molecular weight is 406 g/mol. The fourth-order valence-electron chi connectivity index (χ4n) is 2.05. The summed E-state index contributed by atoms with van der Waals surface area (Å²) in [7, 11) is -4.69. The molecular formula is C13H21N5O8P-. The van der Waals surface area contributed by atoms with Crippen LogP contribution in [0.4, 0.5) is 5.95 Å². The predicted octanol–water partition coefficient (Wildman–Crippen LogP) is -1.77. The first-order valence-corrected chi connectivity index (χ1v) is 9.48. The molecule has 0 radical (unpaired) electrons. The third-order valence-corrected chi connectivity index (χ3v) is 3.70. The van der Waals surface area contributed by atoms with Crippen LogP contribution in [0.25, 0.3) is 11.2 Å². The predicted molar refractivity (Wildman–Crippen MR) is 90.8 cm³/mol. The number of nitrogens with one attached hydrogen (secondary N) is 1. The van der Waals surface area contributed by atoms with Crippen molar-refractivity contribution in [2.45, 2.75) is 6.54 Å². The van der Waals surface area contributed by atoms with Crippen molar-refractivity contribution in [3.8, 4) is 0 Å². The molecule has 0 saturated heterocycles. The van der Waals surface area contributed by atoms with E-state index in [9.17, 15) is 14.3 Å². The van der Waals surface area contributed by atoms with Crippen LogP contribution in [0.3, 0.4) is 0 Å². The smallest absolute Gasteiger partial charge is 0.280 e. The Morgan fingerprint density at radius 1 is 1.15 bits per heavy atom. The van der Waals surface area contributed by atoms with Crippen LogP contribution in [-0.4, -0.2) is 70.7 Å². The number of phosphoric acid groups is 1. The highest BCUT2D eigenvalue weighted by Crippen LogP contribution is 2.29. The second-order valence-corrected chi connectivity index (χ2v) is 6.40. The lowest BCUT2D eigenvalue weighted by atomic mass is 10.5. The van der Waals surface area contributed by atoms with E-state index in [1.54, 1.807) is 4.57 Å². The van der Waals surface area contributed by atoms with E-state index >= 15 is 0 Å². The molecule has 1 atom stereocenters. The molecule has 4 N–H and O–H groups in total. The minimum Gasteiger partial charge on any atom is -0.756 e. The van der Waals surface area contributed by atoms with Gasteiger partial charge in [-0.05, 0) is 0 Å². The van der Waals surface area contributed by atoms with Crippen LogP contribution >= 0.6 is 7.82 Å². The molecule has 27 heavy (non-hydrogen) atoms. The third kappa shape index (κ3) is 7.72. The summed E-state index contributed by atoms with van der Waals surface area (Å²) < 4.78 is 31.8. The van der Waals surface area contributed by atoms with Crippen molar-refractivity contribution in [3.63, 3.8) is 0 Å². The van der Waals surface area contributed by atoms with Gasteiger partial charge in [0.25, 0.3) is 13.4 Å². The molecule has 13 nitrogen and oxygen atoms in total. The number of aromatic nitrogens is 4. The summed E-state index contributed by atoms with van der Waals surface area (Å²) in [5.74, 6) is 0.0238. The van der Waals surface area contributed by atoms with Gasteiger partial charge >= 0.3 is 0 Å². The number of rotatable bonds is 13. The van der Waals surface area contributed by atoms with Crippen molar-refractivity contribution < 1.29 is 33.1 Å². The molecule has 0 saturated carbocycles. The summed E-state index contributed by atoms with van der Waals surface area (Å²) in [6, 6.07) is 0. The van der Waals surface area contributed by atoms with Crippen molar-refractivity contribution in [2.24, 2.45) is 0 Å². The quantitative estimate of drug-likeness (QED) is 0.252. The molecule has 1 unspecified atom stereocenters. The Bertz CT molecular complexity index is 819. The fraction of sp³-hybridized carbons (Fsp3) is 0.615. The van der Waals surface area contributed by atoms with Crippen LogP contribution in [0, 0.1) is 0 Å². The molecule has 0 aliphatic rings. The summed E-state index contributed by atoms with van der Waals surface area (Å²) in [6.45, 7) is 1.84. The van der Waals surface area contributed by atoms with E-state index in [1.807, 2.05) is 0 Å². The molecular weight excluding hydrogens is 385 g/mol. The lowest BCUT2D eigenvalue weighted by Gasteiger charge is -2.15. The fourth-order valence-corrected chi connectivity index (χ4v) is 2.36. The van der Waals surface area contributed by atoms with Crippen molar-refractivity contribution in [3.05, 3.63) is 16.7 Å². The topological polar surface area (TPSA) is 187 Å². The number of hydrogen-bond acceptors (Lipinski definition) is 10. The van der Waals surface area contributed by atoms with Crippen LogP contribution in [-0.2, 0) is 29.8 Å². The van der Waals surface area contributed by atoms with Crippen molar-refractivity contribution in [2.75, 3.05) is 52.0 Å². The van der Waals surface area contributed by atoms with Crippen LogP contribution in [0.5, 0.6) is 0 Å². The van der Waals surface area contributed by atoms with Crippen LogP contribution in [0.2, 0.25) is 0 Å². The Kier molecular flexibility index (Phi) is 8.31. The van der Waals surface area contributed by atoms with Crippen molar-refractivity contribution >= 4 is 24.9 Å².